The van der Waals surface area contributed by atoms with Gasteiger partial charge in [-0.3, -0.25) is 0 Å². The first kappa shape index (κ1) is 13.1. The fraction of sp³-hybridized carbons (Fsp3) is 0.429. The van der Waals surface area contributed by atoms with Gasteiger partial charge in [0, 0.05) is 12.5 Å². The van der Waals surface area contributed by atoms with E-state index in [-0.39, 0.29) is 12.1 Å². The molecule has 0 saturated carbocycles. The molecule has 2 unspecified atom stereocenters. The highest BCUT2D eigenvalue weighted by Crippen LogP contribution is 2.22. The molecule has 0 amide bonds. The Bertz CT molecular complexity index is 461. The van der Waals surface area contributed by atoms with Crippen molar-refractivity contribution in [2.45, 2.75) is 19.1 Å². The van der Waals surface area contributed by atoms with Gasteiger partial charge in [-0.05, 0) is 19.1 Å². The maximum absolute atomic E-state index is 6.04. The Morgan fingerprint density at radius 2 is 2.06 bits per heavy atom. The van der Waals surface area contributed by atoms with Crippen molar-refractivity contribution in [2.24, 2.45) is 5.73 Å². The second-order valence-corrected chi connectivity index (χ2v) is 4.39. The zero-order valence-corrected chi connectivity index (χ0v) is 10.8. The summed E-state index contributed by atoms with van der Waals surface area (Å²) in [5, 5.41) is 1.06. The van der Waals surface area contributed by atoms with Crippen LogP contribution in [0, 0.1) is 0 Å². The fourth-order valence-electron chi connectivity index (χ4n) is 1.82. The monoisotopic (exact) mass is 249 g/mol. The summed E-state index contributed by atoms with van der Waals surface area (Å²) in [7, 11) is 1.65. The van der Waals surface area contributed by atoms with Gasteiger partial charge in [-0.2, -0.15) is 0 Å². The molecule has 0 radical (unpaired) electrons. The van der Waals surface area contributed by atoms with E-state index in [1.807, 2.05) is 37.3 Å². The minimum atomic E-state index is -0.253. The molecule has 2 atom stereocenters. The first-order valence-corrected chi connectivity index (χ1v) is 6.05. The Hall–Kier alpha value is -1.36. The largest absolute Gasteiger partial charge is 0.459 e. The Morgan fingerprint density at radius 3 is 2.78 bits per heavy atom. The maximum atomic E-state index is 6.04. The molecule has 0 spiro atoms. The highest BCUT2D eigenvalue weighted by atomic mass is 16.5. The summed E-state index contributed by atoms with van der Waals surface area (Å²) in [4.78, 5) is 0. The molecule has 2 N–H and O–H groups in total. The van der Waals surface area contributed by atoms with Crippen LogP contribution >= 0.6 is 0 Å². The summed E-state index contributed by atoms with van der Waals surface area (Å²) in [5.41, 5.74) is 6.90. The van der Waals surface area contributed by atoms with Gasteiger partial charge in [0.15, 0.2) is 0 Å². The second-order valence-electron chi connectivity index (χ2n) is 4.39. The van der Waals surface area contributed by atoms with Crippen molar-refractivity contribution in [3.8, 4) is 0 Å². The topological polar surface area (TPSA) is 57.6 Å². The van der Waals surface area contributed by atoms with E-state index in [1.54, 1.807) is 7.11 Å². The number of ether oxygens (including phenoxy) is 2. The molecule has 2 aromatic rings. The summed E-state index contributed by atoms with van der Waals surface area (Å²) in [6, 6.07) is 9.56. The number of nitrogens with two attached hydrogens (primary N) is 1. The van der Waals surface area contributed by atoms with E-state index in [9.17, 15) is 0 Å². The maximum Gasteiger partial charge on any atom is 0.134 e. The molecule has 98 valence electrons. The number of hydrogen-bond acceptors (Lipinski definition) is 4. The molecule has 0 bridgehead atoms. The smallest absolute Gasteiger partial charge is 0.134 e. The normalized spacial score (nSPS) is 14.8. The lowest BCUT2D eigenvalue weighted by atomic mass is 10.2. The van der Waals surface area contributed by atoms with Crippen molar-refractivity contribution in [2.75, 3.05) is 20.3 Å². The third-order valence-corrected chi connectivity index (χ3v) is 2.77. The zero-order valence-electron chi connectivity index (χ0n) is 10.8. The third kappa shape index (κ3) is 3.10. The Kier molecular flexibility index (Phi) is 4.36. The van der Waals surface area contributed by atoms with Crippen LogP contribution in [0.1, 0.15) is 18.7 Å². The molecule has 0 aliphatic heterocycles. The zero-order chi connectivity index (χ0) is 13.0. The van der Waals surface area contributed by atoms with Gasteiger partial charge in [0.25, 0.3) is 0 Å². The van der Waals surface area contributed by atoms with Crippen molar-refractivity contribution in [3.63, 3.8) is 0 Å². The third-order valence-electron chi connectivity index (χ3n) is 2.77. The van der Waals surface area contributed by atoms with Gasteiger partial charge in [-0.25, -0.2) is 0 Å². The number of benzene rings is 1. The van der Waals surface area contributed by atoms with Crippen molar-refractivity contribution in [1.29, 1.82) is 0 Å². The minimum Gasteiger partial charge on any atom is -0.459 e. The van der Waals surface area contributed by atoms with Crippen LogP contribution in [-0.2, 0) is 9.47 Å². The predicted molar refractivity (Wildman–Crippen MR) is 70.4 cm³/mol. The van der Waals surface area contributed by atoms with Crippen LogP contribution in [0.4, 0.5) is 0 Å². The van der Waals surface area contributed by atoms with Crippen LogP contribution in [0.25, 0.3) is 11.0 Å². The first-order chi connectivity index (χ1) is 8.70. The van der Waals surface area contributed by atoms with E-state index < -0.39 is 0 Å². The highest BCUT2D eigenvalue weighted by Gasteiger charge is 2.13. The number of fused-ring (bicyclic) bond motifs is 1. The number of para-hydroxylation sites is 1. The molecule has 0 fully saturated rings. The molecule has 1 aromatic heterocycles. The highest BCUT2D eigenvalue weighted by molar-refractivity contribution is 5.77. The fourth-order valence-corrected chi connectivity index (χ4v) is 1.82. The van der Waals surface area contributed by atoms with Gasteiger partial charge in [-0.1, -0.05) is 18.2 Å². The quantitative estimate of drug-likeness (QED) is 0.854. The second kappa shape index (κ2) is 6.00. The molecule has 4 heteroatoms. The average Bonchev–Trinajstić information content (AvgIpc) is 2.80. The molecular formula is C14H19NO3. The van der Waals surface area contributed by atoms with Crippen LogP contribution in [0.3, 0.4) is 0 Å². The van der Waals surface area contributed by atoms with Crippen LogP contribution in [0.15, 0.2) is 34.7 Å². The SMILES string of the molecule is COCC(C)OCC(N)c1cc2ccccc2o1. The number of furan rings is 1. The number of methoxy groups -OCH3 is 1. The Labute approximate surface area is 107 Å². The first-order valence-electron chi connectivity index (χ1n) is 6.05. The van der Waals surface area contributed by atoms with E-state index in [1.165, 1.54) is 0 Å². The van der Waals surface area contributed by atoms with Crippen molar-refractivity contribution < 1.29 is 13.9 Å². The van der Waals surface area contributed by atoms with Gasteiger partial charge in [0.05, 0.1) is 25.4 Å². The molecule has 18 heavy (non-hydrogen) atoms. The van der Waals surface area contributed by atoms with E-state index in [0.717, 1.165) is 16.7 Å². The van der Waals surface area contributed by atoms with Crippen molar-refractivity contribution in [3.05, 3.63) is 36.1 Å². The molecule has 0 saturated heterocycles. The predicted octanol–water partition coefficient (Wildman–Crippen LogP) is 2.48. The Balaban J connectivity index is 1.98. The molecule has 4 nitrogen and oxygen atoms in total. The van der Waals surface area contributed by atoms with Crippen LogP contribution in [0.2, 0.25) is 0 Å². The summed E-state index contributed by atoms with van der Waals surface area (Å²) in [6.45, 7) is 2.94. The standard InChI is InChI=1S/C14H19NO3/c1-10(8-16-2)17-9-12(15)14-7-11-5-3-4-6-13(11)18-14/h3-7,10,12H,8-9,15H2,1-2H3. The molecule has 0 aliphatic rings. The summed E-state index contributed by atoms with van der Waals surface area (Å²) >= 11 is 0. The molecule has 1 heterocycles. The van der Waals surface area contributed by atoms with Crippen molar-refractivity contribution in [1.82, 2.24) is 0 Å². The van der Waals surface area contributed by atoms with E-state index in [2.05, 4.69) is 0 Å². The lowest BCUT2D eigenvalue weighted by Gasteiger charge is -2.14. The van der Waals surface area contributed by atoms with Crippen molar-refractivity contribution >= 4 is 11.0 Å². The van der Waals surface area contributed by atoms with E-state index >= 15 is 0 Å². The van der Waals surface area contributed by atoms with Crippen LogP contribution < -0.4 is 5.73 Å². The summed E-state index contributed by atoms with van der Waals surface area (Å²) in [5.74, 6) is 0.751. The lowest BCUT2D eigenvalue weighted by Crippen LogP contribution is -2.22. The summed E-state index contributed by atoms with van der Waals surface area (Å²) in [6.07, 6.45) is 0.0328. The van der Waals surface area contributed by atoms with Gasteiger partial charge < -0.3 is 19.6 Å². The number of rotatable bonds is 6. The summed E-state index contributed by atoms with van der Waals surface area (Å²) < 4.78 is 16.3. The number of hydrogen-bond donors (Lipinski definition) is 1. The van der Waals surface area contributed by atoms with Crippen LogP contribution in [0.5, 0.6) is 0 Å². The van der Waals surface area contributed by atoms with E-state index in [0.29, 0.717) is 13.2 Å². The van der Waals surface area contributed by atoms with Gasteiger partial charge in [0.1, 0.15) is 11.3 Å². The van der Waals surface area contributed by atoms with Gasteiger partial charge >= 0.3 is 0 Å². The molecule has 1 aromatic carbocycles. The van der Waals surface area contributed by atoms with Crippen LogP contribution in [-0.4, -0.2) is 26.4 Å². The van der Waals surface area contributed by atoms with E-state index in [4.69, 9.17) is 19.6 Å². The average molecular weight is 249 g/mol. The molecule has 0 aliphatic carbocycles. The Morgan fingerprint density at radius 1 is 1.28 bits per heavy atom. The molecular weight excluding hydrogens is 230 g/mol. The molecule has 2 rings (SSSR count). The van der Waals surface area contributed by atoms with Gasteiger partial charge in [0.2, 0.25) is 0 Å². The minimum absolute atomic E-state index is 0.0328. The van der Waals surface area contributed by atoms with Gasteiger partial charge in [-0.15, -0.1) is 0 Å². The lowest BCUT2D eigenvalue weighted by molar-refractivity contribution is 0.00161.